The van der Waals surface area contributed by atoms with Crippen LogP contribution in [0.3, 0.4) is 0 Å². The van der Waals surface area contributed by atoms with Gasteiger partial charge in [-0.25, -0.2) is 0 Å². The molecule has 5 nitrogen and oxygen atoms in total. The summed E-state index contributed by atoms with van der Waals surface area (Å²) in [6.45, 7) is 8.50. The second-order valence-electron chi connectivity index (χ2n) is 6.27. The van der Waals surface area contributed by atoms with Crippen LogP contribution in [0.5, 0.6) is 0 Å². The van der Waals surface area contributed by atoms with Crippen LogP contribution in [0.1, 0.15) is 46.2 Å². The Kier molecular flexibility index (Phi) is 7.23. The maximum absolute atomic E-state index is 11.9. The monoisotopic (exact) mass is 302 g/mol. The smallest absolute Gasteiger partial charge is 0.242 e. The Morgan fingerprint density at radius 2 is 2.10 bits per heavy atom. The fourth-order valence-electron chi connectivity index (χ4n) is 1.93. The fourth-order valence-corrected chi connectivity index (χ4v) is 1.93. The van der Waals surface area contributed by atoms with E-state index in [0.717, 1.165) is 18.5 Å². The predicted octanol–water partition coefficient (Wildman–Crippen LogP) is 2.50. The number of nitrogens with one attached hydrogen (secondary N) is 1. The molecule has 0 aromatic carbocycles. The third kappa shape index (κ3) is 5.92. The molecule has 0 saturated carbocycles. The Morgan fingerprint density at radius 3 is 2.60 bits per heavy atom. The van der Waals surface area contributed by atoms with Crippen molar-refractivity contribution >= 4 is 24.1 Å². The summed E-state index contributed by atoms with van der Waals surface area (Å²) in [5, 5.41) is 7.25. The van der Waals surface area contributed by atoms with E-state index in [1.54, 1.807) is 4.68 Å². The summed E-state index contributed by atoms with van der Waals surface area (Å²) < 4.78 is 1.69. The van der Waals surface area contributed by atoms with Crippen LogP contribution in [-0.4, -0.2) is 21.7 Å². The van der Waals surface area contributed by atoms with E-state index in [9.17, 15) is 4.79 Å². The van der Waals surface area contributed by atoms with E-state index in [2.05, 4.69) is 31.2 Å². The molecule has 20 heavy (non-hydrogen) atoms. The highest BCUT2D eigenvalue weighted by Crippen LogP contribution is 2.21. The number of amides is 1. The highest BCUT2D eigenvalue weighted by molar-refractivity contribution is 5.93. The Hall–Kier alpha value is -1.07. The van der Waals surface area contributed by atoms with Crippen molar-refractivity contribution in [2.75, 3.05) is 5.32 Å². The zero-order chi connectivity index (χ0) is 14.6. The van der Waals surface area contributed by atoms with E-state index < -0.39 is 6.04 Å². The van der Waals surface area contributed by atoms with Gasteiger partial charge in [-0.15, -0.1) is 12.4 Å². The molecule has 0 radical (unpaired) electrons. The maximum atomic E-state index is 11.9. The summed E-state index contributed by atoms with van der Waals surface area (Å²) in [6.07, 6.45) is 2.46. The molecule has 0 aliphatic heterocycles. The van der Waals surface area contributed by atoms with Crippen molar-refractivity contribution in [1.29, 1.82) is 0 Å². The molecule has 1 aromatic heterocycles. The Labute approximate surface area is 127 Å². The molecule has 116 valence electrons. The minimum Gasteiger partial charge on any atom is -0.320 e. The number of carbonyl (C=O) groups is 1. The lowest BCUT2D eigenvalue weighted by molar-refractivity contribution is -0.117. The number of nitrogens with two attached hydrogens (primary N) is 1. The number of aryl methyl sites for hydroxylation is 1. The maximum Gasteiger partial charge on any atom is 0.242 e. The molecule has 1 aromatic rings. The van der Waals surface area contributed by atoms with Gasteiger partial charge in [-0.05, 0) is 18.3 Å². The lowest BCUT2D eigenvalue weighted by atomic mass is 9.91. The average Bonchev–Trinajstić information content (AvgIpc) is 2.56. The van der Waals surface area contributed by atoms with Gasteiger partial charge in [0.1, 0.15) is 5.82 Å². The molecule has 1 rings (SSSR count). The summed E-state index contributed by atoms with van der Waals surface area (Å²) >= 11 is 0. The number of hydrogen-bond acceptors (Lipinski definition) is 3. The van der Waals surface area contributed by atoms with Gasteiger partial charge in [0, 0.05) is 13.1 Å². The Bertz CT molecular complexity index is 437. The van der Waals surface area contributed by atoms with Gasteiger partial charge < -0.3 is 11.1 Å². The number of hydrogen-bond donors (Lipinski definition) is 2. The Balaban J connectivity index is 0.00000361. The number of carbonyl (C=O) groups excluding carboxylic acids is 1. The van der Waals surface area contributed by atoms with E-state index in [1.165, 1.54) is 0 Å². The van der Waals surface area contributed by atoms with Crippen LogP contribution in [0, 0.1) is 5.41 Å². The minimum absolute atomic E-state index is 0. The third-order valence-electron chi connectivity index (χ3n) is 2.83. The molecule has 0 fully saturated rings. The van der Waals surface area contributed by atoms with Crippen molar-refractivity contribution < 1.29 is 4.79 Å². The first-order valence-electron chi connectivity index (χ1n) is 6.82. The average molecular weight is 303 g/mol. The van der Waals surface area contributed by atoms with Crippen LogP contribution in [0.15, 0.2) is 6.07 Å². The van der Waals surface area contributed by atoms with E-state index in [-0.39, 0.29) is 23.7 Å². The topological polar surface area (TPSA) is 72.9 Å². The van der Waals surface area contributed by atoms with Gasteiger partial charge in [0.25, 0.3) is 0 Å². The van der Waals surface area contributed by atoms with Crippen molar-refractivity contribution in [2.45, 2.75) is 53.0 Å². The number of nitrogens with zero attached hydrogens (tertiary/aromatic N) is 2. The number of aromatic nitrogens is 2. The first kappa shape index (κ1) is 18.9. The molecule has 0 saturated heterocycles. The number of rotatable bonds is 5. The summed E-state index contributed by atoms with van der Waals surface area (Å²) in [6, 6.07) is 1.47. The molecule has 0 aliphatic carbocycles. The molecule has 0 spiro atoms. The van der Waals surface area contributed by atoms with Gasteiger partial charge in [-0.1, -0.05) is 34.1 Å². The van der Waals surface area contributed by atoms with Gasteiger partial charge in [0.2, 0.25) is 5.91 Å². The van der Waals surface area contributed by atoms with Crippen molar-refractivity contribution in [3.05, 3.63) is 11.8 Å². The van der Waals surface area contributed by atoms with Crippen molar-refractivity contribution in [3.63, 3.8) is 0 Å². The van der Waals surface area contributed by atoms with Crippen LogP contribution < -0.4 is 11.1 Å². The molecule has 1 heterocycles. The molecule has 0 bridgehead atoms. The van der Waals surface area contributed by atoms with Crippen molar-refractivity contribution in [3.8, 4) is 0 Å². The van der Waals surface area contributed by atoms with Crippen LogP contribution in [0.2, 0.25) is 0 Å². The molecule has 6 heteroatoms. The lowest BCUT2D eigenvalue weighted by Gasteiger charge is -2.15. The molecule has 3 N–H and O–H groups in total. The summed E-state index contributed by atoms with van der Waals surface area (Å²) in [4.78, 5) is 11.9. The normalized spacial score (nSPS) is 12.7. The standard InChI is InChI=1S/C14H26N4O.ClH/c1-6-7-11(15)13(19)16-12-8-10(17-18(12)5)9-14(2,3)4;/h8,11H,6-7,9,15H2,1-5H3,(H,16,19);1H. The molecule has 1 unspecified atom stereocenters. The van der Waals surface area contributed by atoms with Crippen molar-refractivity contribution in [2.24, 2.45) is 18.2 Å². The second-order valence-corrected chi connectivity index (χ2v) is 6.27. The largest absolute Gasteiger partial charge is 0.320 e. The van der Waals surface area contributed by atoms with E-state index in [1.807, 2.05) is 20.0 Å². The highest BCUT2D eigenvalue weighted by Gasteiger charge is 2.17. The zero-order valence-electron chi connectivity index (χ0n) is 13.1. The highest BCUT2D eigenvalue weighted by atomic mass is 35.5. The van der Waals surface area contributed by atoms with E-state index >= 15 is 0 Å². The van der Waals surface area contributed by atoms with Gasteiger partial charge in [0.05, 0.1) is 11.7 Å². The molecule has 0 aliphatic rings. The molecule has 1 amide bonds. The van der Waals surface area contributed by atoms with Crippen LogP contribution in [0.25, 0.3) is 0 Å². The third-order valence-corrected chi connectivity index (χ3v) is 2.83. The molecule has 1 atom stereocenters. The zero-order valence-corrected chi connectivity index (χ0v) is 13.9. The van der Waals surface area contributed by atoms with Gasteiger partial charge in [-0.3, -0.25) is 9.48 Å². The van der Waals surface area contributed by atoms with Crippen molar-refractivity contribution in [1.82, 2.24) is 9.78 Å². The van der Waals surface area contributed by atoms with Crippen LogP contribution in [-0.2, 0) is 18.3 Å². The predicted molar refractivity (Wildman–Crippen MR) is 85.1 cm³/mol. The van der Waals surface area contributed by atoms with Gasteiger partial charge in [-0.2, -0.15) is 5.10 Å². The van der Waals surface area contributed by atoms with E-state index in [0.29, 0.717) is 12.2 Å². The summed E-state index contributed by atoms with van der Waals surface area (Å²) in [5.74, 6) is 0.558. The first-order chi connectivity index (χ1) is 8.73. The first-order valence-corrected chi connectivity index (χ1v) is 6.82. The second kappa shape index (κ2) is 7.64. The number of anilines is 1. The fraction of sp³-hybridized carbons (Fsp3) is 0.714. The quantitative estimate of drug-likeness (QED) is 0.877. The lowest BCUT2D eigenvalue weighted by Crippen LogP contribution is -2.35. The van der Waals surface area contributed by atoms with E-state index in [4.69, 9.17) is 5.73 Å². The molecular formula is C14H27ClN4O. The van der Waals surface area contributed by atoms with Crippen LogP contribution in [0.4, 0.5) is 5.82 Å². The Morgan fingerprint density at radius 1 is 1.50 bits per heavy atom. The minimum atomic E-state index is -0.453. The molecular weight excluding hydrogens is 276 g/mol. The van der Waals surface area contributed by atoms with Gasteiger partial charge >= 0.3 is 0 Å². The van der Waals surface area contributed by atoms with Crippen LogP contribution >= 0.6 is 12.4 Å². The summed E-state index contributed by atoms with van der Waals surface area (Å²) in [7, 11) is 1.83. The van der Waals surface area contributed by atoms with Gasteiger partial charge in [0.15, 0.2) is 0 Å². The summed E-state index contributed by atoms with van der Waals surface area (Å²) in [5.41, 5.74) is 6.95. The SMILES string of the molecule is CCCC(N)C(=O)Nc1cc(CC(C)(C)C)nn1C.Cl. The number of halogens is 1.